The van der Waals surface area contributed by atoms with Crippen molar-refractivity contribution in [2.24, 2.45) is 11.8 Å². The zero-order valence-corrected chi connectivity index (χ0v) is 17.7. The second-order valence-electron chi connectivity index (χ2n) is 8.86. The fraction of sp³-hybridized carbons (Fsp3) is 0.591. The van der Waals surface area contributed by atoms with Crippen LogP contribution in [0.25, 0.3) is 0 Å². The lowest BCUT2D eigenvalue weighted by Gasteiger charge is -2.33. The Labute approximate surface area is 175 Å². The number of nitrogens with one attached hydrogen (secondary N) is 1. The molecule has 0 unspecified atom stereocenters. The number of aromatic amines is 1. The van der Waals surface area contributed by atoms with Crippen molar-refractivity contribution in [3.63, 3.8) is 0 Å². The third-order valence-electron chi connectivity index (χ3n) is 6.67. The van der Waals surface area contributed by atoms with Gasteiger partial charge in [0.2, 0.25) is 5.91 Å². The summed E-state index contributed by atoms with van der Waals surface area (Å²) in [5.74, 6) is 1.97. The highest BCUT2D eigenvalue weighted by Crippen LogP contribution is 2.40. The van der Waals surface area contributed by atoms with Crippen molar-refractivity contribution >= 4 is 17.2 Å². The Morgan fingerprint density at radius 2 is 2.24 bits per heavy atom. The minimum atomic E-state index is 0.000134. The summed E-state index contributed by atoms with van der Waals surface area (Å²) in [7, 11) is 0. The molecular weight excluding hydrogens is 384 g/mol. The number of hydrogen-bond acceptors (Lipinski definition) is 5. The summed E-state index contributed by atoms with van der Waals surface area (Å²) < 4.78 is 0. The molecular formula is C22H28N4O2S. The highest BCUT2D eigenvalue weighted by Gasteiger charge is 2.42. The average molecular weight is 413 g/mol. The number of carbonyl (C=O) groups is 1. The Bertz CT molecular complexity index is 954. The third kappa shape index (κ3) is 3.90. The van der Waals surface area contributed by atoms with Gasteiger partial charge in [0.15, 0.2) is 0 Å². The number of carbonyl (C=O) groups excluding carboxylic acids is 1. The smallest absolute Gasteiger partial charge is 0.255 e. The van der Waals surface area contributed by atoms with Crippen molar-refractivity contribution in [3.05, 3.63) is 49.8 Å². The second-order valence-corrected chi connectivity index (χ2v) is 9.89. The van der Waals surface area contributed by atoms with Gasteiger partial charge >= 0.3 is 0 Å². The number of thiophene rings is 1. The maximum absolute atomic E-state index is 12.9. The first kappa shape index (κ1) is 19.0. The minimum Gasteiger partial charge on any atom is -0.342 e. The molecule has 0 radical (unpaired) electrons. The molecule has 2 aromatic rings. The van der Waals surface area contributed by atoms with E-state index in [0.717, 1.165) is 62.4 Å². The fourth-order valence-electron chi connectivity index (χ4n) is 4.75. The molecule has 2 fully saturated rings. The quantitative estimate of drug-likeness (QED) is 0.838. The first-order valence-corrected chi connectivity index (χ1v) is 11.6. The number of amides is 1. The standard InChI is InChI=1S/C22H28N4O2S/c1-14-10-17(14)22(28)26-7-2-4-15(11-26)20-23-19-6-8-25(12-16-5-3-9-29-16)13-18(19)21(27)24-20/h3,5,9,14-15,17H,2,4,6-8,10-13H2,1H3,(H,23,24,27)/t14-,15-,17+/m0/s1. The van der Waals surface area contributed by atoms with E-state index in [1.807, 2.05) is 4.90 Å². The van der Waals surface area contributed by atoms with E-state index in [0.29, 0.717) is 24.9 Å². The number of aromatic nitrogens is 2. The van der Waals surface area contributed by atoms with Gasteiger partial charge in [0.25, 0.3) is 5.56 Å². The molecule has 4 heterocycles. The highest BCUT2D eigenvalue weighted by molar-refractivity contribution is 7.09. The summed E-state index contributed by atoms with van der Waals surface area (Å²) >= 11 is 1.76. The van der Waals surface area contributed by atoms with Crippen molar-refractivity contribution < 1.29 is 4.79 Å². The highest BCUT2D eigenvalue weighted by atomic mass is 32.1. The molecule has 7 heteroatoms. The SMILES string of the molecule is C[C@H]1C[C@H]1C(=O)N1CCC[C@H](c2nc3c(c(=O)[nH]2)CN(Cc2cccs2)CC3)C1. The molecule has 0 aromatic carbocycles. The number of H-pyrrole nitrogens is 1. The molecule has 154 valence electrons. The van der Waals surface area contributed by atoms with Crippen LogP contribution in [-0.2, 0) is 24.3 Å². The maximum Gasteiger partial charge on any atom is 0.255 e. The van der Waals surface area contributed by atoms with Gasteiger partial charge in [-0.1, -0.05) is 13.0 Å². The first-order valence-electron chi connectivity index (χ1n) is 10.7. The van der Waals surface area contributed by atoms with Crippen LogP contribution >= 0.6 is 11.3 Å². The summed E-state index contributed by atoms with van der Waals surface area (Å²) in [6.45, 7) is 6.14. The van der Waals surface area contributed by atoms with E-state index in [2.05, 4.69) is 34.3 Å². The van der Waals surface area contributed by atoms with E-state index in [4.69, 9.17) is 4.98 Å². The van der Waals surface area contributed by atoms with Crippen LogP contribution in [0.15, 0.2) is 22.3 Å². The van der Waals surface area contributed by atoms with Crippen LogP contribution in [-0.4, -0.2) is 45.3 Å². The van der Waals surface area contributed by atoms with Crippen molar-refractivity contribution in [1.29, 1.82) is 0 Å². The molecule has 1 saturated heterocycles. The molecule has 5 rings (SSSR count). The molecule has 2 aromatic heterocycles. The van der Waals surface area contributed by atoms with Gasteiger partial charge in [0.05, 0.1) is 11.3 Å². The lowest BCUT2D eigenvalue weighted by atomic mass is 9.96. The Morgan fingerprint density at radius 1 is 1.38 bits per heavy atom. The molecule has 3 atom stereocenters. The largest absolute Gasteiger partial charge is 0.342 e. The number of nitrogens with zero attached hydrogens (tertiary/aromatic N) is 3. The molecule has 0 bridgehead atoms. The molecule has 1 saturated carbocycles. The van der Waals surface area contributed by atoms with Crippen LogP contribution in [0, 0.1) is 11.8 Å². The first-order chi connectivity index (χ1) is 14.1. The lowest BCUT2D eigenvalue weighted by Crippen LogP contribution is -2.41. The normalized spacial score (nSPS) is 26.9. The zero-order valence-electron chi connectivity index (χ0n) is 16.9. The van der Waals surface area contributed by atoms with E-state index in [-0.39, 0.29) is 17.4 Å². The molecule has 1 amide bonds. The zero-order chi connectivity index (χ0) is 20.0. The van der Waals surface area contributed by atoms with Crippen molar-refractivity contribution in [2.45, 2.75) is 51.6 Å². The summed E-state index contributed by atoms with van der Waals surface area (Å²) in [5.41, 5.74) is 1.76. The van der Waals surface area contributed by atoms with Gasteiger partial charge in [-0.2, -0.15) is 0 Å². The molecule has 2 aliphatic heterocycles. The number of hydrogen-bond donors (Lipinski definition) is 1. The molecule has 0 spiro atoms. The van der Waals surface area contributed by atoms with Gasteiger partial charge in [-0.15, -0.1) is 11.3 Å². The molecule has 1 N–H and O–H groups in total. The van der Waals surface area contributed by atoms with Gasteiger partial charge in [-0.25, -0.2) is 4.98 Å². The van der Waals surface area contributed by atoms with Gasteiger partial charge in [-0.05, 0) is 36.6 Å². The molecule has 1 aliphatic carbocycles. The molecule has 6 nitrogen and oxygen atoms in total. The van der Waals surface area contributed by atoms with Gasteiger partial charge < -0.3 is 9.88 Å². The topological polar surface area (TPSA) is 69.3 Å². The summed E-state index contributed by atoms with van der Waals surface area (Å²) in [4.78, 5) is 39.1. The lowest BCUT2D eigenvalue weighted by molar-refractivity contribution is -0.134. The molecule has 3 aliphatic rings. The van der Waals surface area contributed by atoms with Gasteiger partial charge in [0, 0.05) is 55.9 Å². The predicted molar refractivity (Wildman–Crippen MR) is 113 cm³/mol. The number of fused-ring (bicyclic) bond motifs is 1. The summed E-state index contributed by atoms with van der Waals surface area (Å²) in [6.07, 6.45) is 3.80. The Kier molecular flexibility index (Phi) is 5.04. The number of rotatable bonds is 4. The van der Waals surface area contributed by atoms with E-state index in [1.165, 1.54) is 4.88 Å². The van der Waals surface area contributed by atoms with Gasteiger partial charge in [-0.3, -0.25) is 14.5 Å². The van der Waals surface area contributed by atoms with Crippen LogP contribution in [0.4, 0.5) is 0 Å². The summed E-state index contributed by atoms with van der Waals surface area (Å²) in [5, 5.41) is 2.09. The van der Waals surface area contributed by atoms with Crippen LogP contribution in [0.3, 0.4) is 0 Å². The van der Waals surface area contributed by atoms with E-state index >= 15 is 0 Å². The van der Waals surface area contributed by atoms with Crippen molar-refractivity contribution in [3.8, 4) is 0 Å². The number of likely N-dealkylation sites (tertiary alicyclic amines) is 1. The maximum atomic E-state index is 12.9. The predicted octanol–water partition coefficient (Wildman–Crippen LogP) is 2.75. The fourth-order valence-corrected chi connectivity index (χ4v) is 5.50. The van der Waals surface area contributed by atoms with Crippen molar-refractivity contribution in [1.82, 2.24) is 19.8 Å². The summed E-state index contributed by atoms with van der Waals surface area (Å²) in [6, 6.07) is 4.21. The van der Waals surface area contributed by atoms with Crippen molar-refractivity contribution in [2.75, 3.05) is 19.6 Å². The van der Waals surface area contributed by atoms with Gasteiger partial charge in [0.1, 0.15) is 5.82 Å². The Balaban J connectivity index is 1.30. The average Bonchev–Trinajstić information content (AvgIpc) is 3.24. The monoisotopic (exact) mass is 412 g/mol. The second kappa shape index (κ2) is 7.69. The Hall–Kier alpha value is -1.99. The van der Waals surface area contributed by atoms with Crippen LogP contribution in [0.2, 0.25) is 0 Å². The molecule has 29 heavy (non-hydrogen) atoms. The minimum absolute atomic E-state index is 0.000134. The van der Waals surface area contributed by atoms with E-state index in [1.54, 1.807) is 11.3 Å². The Morgan fingerprint density at radius 3 is 3.00 bits per heavy atom. The van der Waals surface area contributed by atoms with E-state index in [9.17, 15) is 9.59 Å². The third-order valence-corrected chi connectivity index (χ3v) is 7.53. The van der Waals surface area contributed by atoms with Crippen LogP contribution < -0.4 is 5.56 Å². The van der Waals surface area contributed by atoms with Crippen LogP contribution in [0.1, 0.15) is 54.1 Å². The van der Waals surface area contributed by atoms with E-state index < -0.39 is 0 Å². The van der Waals surface area contributed by atoms with Crippen LogP contribution in [0.5, 0.6) is 0 Å². The number of piperidine rings is 1.